The van der Waals surface area contributed by atoms with Gasteiger partial charge in [-0.25, -0.2) is 15.0 Å². The van der Waals surface area contributed by atoms with E-state index in [9.17, 15) is 0 Å². The normalized spacial score (nSPS) is 11.4. The molecule has 2 heterocycles. The molecule has 4 nitrogen and oxygen atoms in total. The number of nitrogens with zero attached hydrogens (tertiary/aromatic N) is 3. The Bertz CT molecular complexity index is 3300. The quantitative estimate of drug-likeness (QED) is 0.163. The summed E-state index contributed by atoms with van der Waals surface area (Å²) in [6, 6.07) is 74.1. The van der Waals surface area contributed by atoms with E-state index in [2.05, 4.69) is 176 Å². The largest absolute Gasteiger partial charge is 0.455 e. The van der Waals surface area contributed by atoms with Crippen LogP contribution in [0, 0.1) is 0 Å². The zero-order valence-electron chi connectivity index (χ0n) is 32.0. The van der Waals surface area contributed by atoms with Crippen molar-refractivity contribution in [1.82, 2.24) is 15.0 Å². The van der Waals surface area contributed by atoms with E-state index in [0.29, 0.717) is 17.5 Å². The molecule has 276 valence electrons. The van der Waals surface area contributed by atoms with Gasteiger partial charge in [0.2, 0.25) is 0 Å². The van der Waals surface area contributed by atoms with Crippen LogP contribution in [0.2, 0.25) is 0 Å². The lowest BCUT2D eigenvalue weighted by molar-refractivity contribution is 0.673. The highest BCUT2D eigenvalue weighted by atomic mass is 16.3. The van der Waals surface area contributed by atoms with Gasteiger partial charge in [-0.2, -0.15) is 0 Å². The summed E-state index contributed by atoms with van der Waals surface area (Å²) in [4.78, 5) is 15.0. The average molecular weight is 754 g/mol. The zero-order valence-corrected chi connectivity index (χ0v) is 32.0. The van der Waals surface area contributed by atoms with Crippen LogP contribution >= 0.6 is 0 Å². The molecule has 11 aromatic rings. The molecule has 2 aromatic heterocycles. The highest BCUT2D eigenvalue weighted by Gasteiger charge is 2.17. The van der Waals surface area contributed by atoms with Crippen LogP contribution in [-0.2, 0) is 0 Å². The molecule has 0 unspecified atom stereocenters. The van der Waals surface area contributed by atoms with Gasteiger partial charge in [0.1, 0.15) is 11.2 Å². The first-order valence-corrected chi connectivity index (χ1v) is 19.8. The predicted molar refractivity (Wildman–Crippen MR) is 243 cm³/mol. The first-order chi connectivity index (χ1) is 29.2. The van der Waals surface area contributed by atoms with Crippen molar-refractivity contribution in [3.8, 4) is 78.7 Å². The smallest absolute Gasteiger partial charge is 0.164 e. The molecule has 0 spiro atoms. The molecule has 0 N–H and O–H groups in total. The summed E-state index contributed by atoms with van der Waals surface area (Å²) in [5, 5.41) is 4.47. The van der Waals surface area contributed by atoms with Crippen molar-refractivity contribution in [3.05, 3.63) is 212 Å². The maximum atomic E-state index is 6.72. The topological polar surface area (TPSA) is 51.8 Å². The number of benzene rings is 9. The summed E-state index contributed by atoms with van der Waals surface area (Å²) in [7, 11) is 0. The Kier molecular flexibility index (Phi) is 8.45. The Morgan fingerprint density at radius 1 is 0.254 bits per heavy atom. The highest BCUT2D eigenvalue weighted by molar-refractivity contribution is 6.19. The summed E-state index contributed by atoms with van der Waals surface area (Å²) in [6.45, 7) is 0. The van der Waals surface area contributed by atoms with Crippen molar-refractivity contribution in [2.24, 2.45) is 0 Å². The molecule has 0 bridgehead atoms. The van der Waals surface area contributed by atoms with Crippen molar-refractivity contribution in [3.63, 3.8) is 0 Å². The first kappa shape index (κ1) is 34.3. The lowest BCUT2D eigenvalue weighted by atomic mass is 9.93. The Labute approximate surface area is 341 Å². The number of fused-ring (bicyclic) bond motifs is 5. The van der Waals surface area contributed by atoms with Crippen molar-refractivity contribution < 1.29 is 4.42 Å². The van der Waals surface area contributed by atoms with Crippen molar-refractivity contribution in [2.45, 2.75) is 0 Å². The second-order valence-electron chi connectivity index (χ2n) is 14.8. The summed E-state index contributed by atoms with van der Waals surface area (Å²) in [6.07, 6.45) is 0. The third-order valence-electron chi connectivity index (χ3n) is 11.1. The second kappa shape index (κ2) is 14.5. The van der Waals surface area contributed by atoms with Gasteiger partial charge in [-0.3, -0.25) is 0 Å². The third kappa shape index (κ3) is 6.43. The molecule has 0 saturated heterocycles. The Morgan fingerprint density at radius 3 is 1.32 bits per heavy atom. The van der Waals surface area contributed by atoms with Crippen LogP contribution in [-0.4, -0.2) is 15.0 Å². The van der Waals surface area contributed by atoms with Gasteiger partial charge in [0.15, 0.2) is 17.5 Å². The molecule has 0 saturated carbocycles. The van der Waals surface area contributed by atoms with Crippen molar-refractivity contribution in [1.29, 1.82) is 0 Å². The average Bonchev–Trinajstić information content (AvgIpc) is 3.70. The van der Waals surface area contributed by atoms with E-state index >= 15 is 0 Å². The molecule has 0 aliphatic rings. The summed E-state index contributed by atoms with van der Waals surface area (Å²) >= 11 is 0. The molecule has 0 fully saturated rings. The molecule has 0 amide bonds. The van der Waals surface area contributed by atoms with Gasteiger partial charge in [-0.1, -0.05) is 182 Å². The van der Waals surface area contributed by atoms with Gasteiger partial charge in [0, 0.05) is 32.8 Å². The minimum absolute atomic E-state index is 0.621. The number of aromatic nitrogens is 3. The number of hydrogen-bond acceptors (Lipinski definition) is 4. The minimum Gasteiger partial charge on any atom is -0.455 e. The maximum absolute atomic E-state index is 6.72. The van der Waals surface area contributed by atoms with Crippen LogP contribution in [0.5, 0.6) is 0 Å². The van der Waals surface area contributed by atoms with Gasteiger partial charge in [0.25, 0.3) is 0 Å². The Morgan fingerprint density at radius 2 is 0.678 bits per heavy atom. The maximum Gasteiger partial charge on any atom is 0.164 e. The standard InChI is InChI=1S/C55H35N3O/c1-4-14-36(15-5-1)41-20-12-22-44(32-41)49-35-50-47-31-30-43(34-51(47)59-52(50)48-25-11-10-24-46(48)49)38-26-28-40(29-27-38)54-56-53(39-18-8-3-9-19-39)57-55(58-54)45-23-13-21-42(33-45)37-16-6-2-7-17-37/h1-35H. The van der Waals surface area contributed by atoms with E-state index in [0.717, 1.165) is 66.3 Å². The zero-order chi connectivity index (χ0) is 39.1. The first-order valence-electron chi connectivity index (χ1n) is 19.8. The molecule has 59 heavy (non-hydrogen) atoms. The fourth-order valence-electron chi connectivity index (χ4n) is 8.14. The Balaban J connectivity index is 0.965. The van der Waals surface area contributed by atoms with E-state index in [1.54, 1.807) is 0 Å². The minimum atomic E-state index is 0.621. The summed E-state index contributed by atoms with van der Waals surface area (Å²) in [5.41, 5.74) is 13.7. The van der Waals surface area contributed by atoms with Crippen molar-refractivity contribution >= 4 is 32.7 Å². The fraction of sp³-hybridized carbons (Fsp3) is 0. The van der Waals surface area contributed by atoms with Crippen LogP contribution in [0.25, 0.3) is 111 Å². The second-order valence-corrected chi connectivity index (χ2v) is 14.8. The summed E-state index contributed by atoms with van der Waals surface area (Å²) in [5.74, 6) is 1.88. The van der Waals surface area contributed by atoms with Crippen LogP contribution in [0.3, 0.4) is 0 Å². The van der Waals surface area contributed by atoms with E-state index in [1.165, 1.54) is 27.6 Å². The number of furan rings is 1. The Hall–Kier alpha value is -7.95. The predicted octanol–water partition coefficient (Wildman–Crippen LogP) is 14.6. The van der Waals surface area contributed by atoms with E-state index in [1.807, 2.05) is 36.4 Å². The molecule has 0 atom stereocenters. The van der Waals surface area contributed by atoms with Gasteiger partial charge in [-0.15, -0.1) is 0 Å². The van der Waals surface area contributed by atoms with Gasteiger partial charge in [0.05, 0.1) is 0 Å². The monoisotopic (exact) mass is 753 g/mol. The van der Waals surface area contributed by atoms with Crippen LogP contribution < -0.4 is 0 Å². The molecule has 11 rings (SSSR count). The van der Waals surface area contributed by atoms with E-state index < -0.39 is 0 Å². The number of hydrogen-bond donors (Lipinski definition) is 0. The molecule has 4 heteroatoms. The number of rotatable bonds is 7. The van der Waals surface area contributed by atoms with E-state index in [4.69, 9.17) is 19.4 Å². The molecule has 0 aliphatic carbocycles. The SMILES string of the molecule is c1ccc(-c2cccc(-c3nc(-c4ccccc4)nc(-c4ccc(-c5ccc6c(c5)oc5c7ccccc7c(-c7cccc(-c8ccccc8)c7)cc65)cc4)n3)c2)cc1. The lowest BCUT2D eigenvalue weighted by Crippen LogP contribution is -2.00. The lowest BCUT2D eigenvalue weighted by Gasteiger charge is -2.10. The van der Waals surface area contributed by atoms with Crippen LogP contribution in [0.4, 0.5) is 0 Å². The van der Waals surface area contributed by atoms with Crippen LogP contribution in [0.15, 0.2) is 217 Å². The van der Waals surface area contributed by atoms with Gasteiger partial charge >= 0.3 is 0 Å². The molecule has 9 aromatic carbocycles. The van der Waals surface area contributed by atoms with Crippen molar-refractivity contribution in [2.75, 3.05) is 0 Å². The molecule has 0 radical (unpaired) electrons. The van der Waals surface area contributed by atoms with E-state index in [-0.39, 0.29) is 0 Å². The van der Waals surface area contributed by atoms with Gasteiger partial charge < -0.3 is 4.42 Å². The molecule has 0 aliphatic heterocycles. The molecular formula is C55H35N3O. The molecular weight excluding hydrogens is 719 g/mol. The fourth-order valence-corrected chi connectivity index (χ4v) is 8.14. The highest BCUT2D eigenvalue weighted by Crippen LogP contribution is 2.41. The van der Waals surface area contributed by atoms with Crippen LogP contribution in [0.1, 0.15) is 0 Å². The van der Waals surface area contributed by atoms with Gasteiger partial charge in [-0.05, 0) is 80.2 Å². The third-order valence-corrected chi connectivity index (χ3v) is 11.1. The summed E-state index contributed by atoms with van der Waals surface area (Å²) < 4.78 is 6.72.